The van der Waals surface area contributed by atoms with E-state index in [0.717, 1.165) is 0 Å². The summed E-state index contributed by atoms with van der Waals surface area (Å²) in [6.07, 6.45) is 1.49. The molecule has 1 saturated heterocycles. The first-order valence-electron chi connectivity index (χ1n) is 9.89. The second kappa shape index (κ2) is 9.10. The molecular weight excluding hydrogens is 453 g/mol. The van der Waals surface area contributed by atoms with E-state index in [9.17, 15) is 14.7 Å². The highest BCUT2D eigenvalue weighted by Crippen LogP contribution is 2.42. The number of carbonyl (C=O) groups is 2. The molecule has 4 rings (SSSR count). The second-order valence-electron chi connectivity index (χ2n) is 7.14. The van der Waals surface area contributed by atoms with Crippen molar-refractivity contribution < 1.29 is 23.8 Å². The molecule has 0 bridgehead atoms. The molecule has 1 aliphatic heterocycles. The zero-order valence-electron chi connectivity index (χ0n) is 17.0. The fourth-order valence-electron chi connectivity index (χ4n) is 3.70. The van der Waals surface area contributed by atoms with Gasteiger partial charge in [0, 0.05) is 5.56 Å². The molecule has 1 atom stereocenters. The largest absolute Gasteiger partial charge is 0.507 e. The van der Waals surface area contributed by atoms with Crippen molar-refractivity contribution in [1.82, 2.24) is 4.90 Å². The second-order valence-corrected chi connectivity index (χ2v) is 7.96. The van der Waals surface area contributed by atoms with Gasteiger partial charge in [0.25, 0.3) is 11.7 Å². The van der Waals surface area contributed by atoms with Crippen molar-refractivity contribution in [2.75, 3.05) is 6.61 Å². The van der Waals surface area contributed by atoms with Gasteiger partial charge in [-0.15, -0.1) is 0 Å². The van der Waals surface area contributed by atoms with Gasteiger partial charge in [0.2, 0.25) is 0 Å². The molecule has 1 N–H and O–H groups in total. The number of aliphatic hydroxyl groups is 1. The van der Waals surface area contributed by atoms with Crippen molar-refractivity contribution in [3.8, 4) is 5.75 Å². The monoisotopic (exact) mass is 471 g/mol. The van der Waals surface area contributed by atoms with E-state index in [-0.39, 0.29) is 22.9 Å². The highest BCUT2D eigenvalue weighted by atomic mass is 35.5. The first-order valence-corrected chi connectivity index (χ1v) is 10.6. The van der Waals surface area contributed by atoms with Gasteiger partial charge >= 0.3 is 0 Å². The number of halogens is 2. The summed E-state index contributed by atoms with van der Waals surface area (Å²) in [7, 11) is 0. The minimum atomic E-state index is -0.884. The topological polar surface area (TPSA) is 80.0 Å². The number of Topliss-reactive ketones (excluding diaryl/α,β-unsaturated/α-hetero) is 1. The van der Waals surface area contributed by atoms with Crippen LogP contribution in [0.15, 0.2) is 70.9 Å². The summed E-state index contributed by atoms with van der Waals surface area (Å²) >= 11 is 12.3. The van der Waals surface area contributed by atoms with Crippen molar-refractivity contribution in [2.24, 2.45) is 0 Å². The number of aliphatic hydroxyl groups excluding tert-OH is 1. The third-order valence-corrected chi connectivity index (χ3v) is 5.86. The van der Waals surface area contributed by atoms with Crippen LogP contribution in [-0.4, -0.2) is 28.3 Å². The van der Waals surface area contributed by atoms with Crippen molar-refractivity contribution in [2.45, 2.75) is 19.5 Å². The lowest BCUT2D eigenvalue weighted by atomic mass is 9.95. The van der Waals surface area contributed by atoms with Gasteiger partial charge < -0.3 is 19.2 Å². The van der Waals surface area contributed by atoms with Crippen LogP contribution in [0.4, 0.5) is 0 Å². The maximum atomic E-state index is 13.1. The molecule has 3 aromatic rings. The Bertz CT molecular complexity index is 1200. The lowest BCUT2D eigenvalue weighted by Crippen LogP contribution is -2.29. The normalized spacial score (nSPS) is 17.7. The van der Waals surface area contributed by atoms with E-state index in [1.165, 1.54) is 11.2 Å². The van der Waals surface area contributed by atoms with Crippen LogP contribution in [0.1, 0.15) is 29.9 Å². The molecule has 164 valence electrons. The number of rotatable bonds is 6. The summed E-state index contributed by atoms with van der Waals surface area (Å²) in [5.74, 6) is -0.822. The number of carbonyl (C=O) groups excluding carboxylic acids is 2. The Morgan fingerprint density at radius 1 is 1.09 bits per heavy atom. The third kappa shape index (κ3) is 4.11. The maximum absolute atomic E-state index is 13.1. The standard InChI is InChI=1S/C24H19Cl2NO5/c1-2-31-16-6-3-5-15(11-16)22(28)20-21(14-8-9-18(25)19(26)12-14)27(24(30)23(20)29)13-17-7-4-10-32-17/h3-12,21,28H,2,13H2,1H3/b22-20+. The fraction of sp³-hybridized carbons (Fsp3) is 0.167. The maximum Gasteiger partial charge on any atom is 0.296 e. The molecule has 0 radical (unpaired) electrons. The summed E-state index contributed by atoms with van der Waals surface area (Å²) in [5, 5.41) is 11.7. The van der Waals surface area contributed by atoms with Gasteiger partial charge in [-0.1, -0.05) is 41.4 Å². The van der Waals surface area contributed by atoms with Crippen LogP contribution in [0, 0.1) is 0 Å². The molecule has 1 aromatic heterocycles. The first kappa shape index (κ1) is 22.0. The number of hydrogen-bond donors (Lipinski definition) is 1. The lowest BCUT2D eigenvalue weighted by Gasteiger charge is -2.24. The molecule has 1 amide bonds. The molecule has 32 heavy (non-hydrogen) atoms. The van der Waals surface area contributed by atoms with Crippen molar-refractivity contribution in [3.63, 3.8) is 0 Å². The van der Waals surface area contributed by atoms with Crippen molar-refractivity contribution in [3.05, 3.63) is 93.4 Å². The molecule has 2 heterocycles. The van der Waals surface area contributed by atoms with Crippen LogP contribution in [-0.2, 0) is 16.1 Å². The zero-order valence-corrected chi connectivity index (χ0v) is 18.6. The van der Waals surface area contributed by atoms with Gasteiger partial charge in [0.15, 0.2) is 0 Å². The SMILES string of the molecule is CCOc1cccc(/C(O)=C2\C(=O)C(=O)N(Cc3ccco3)C2c2ccc(Cl)c(Cl)c2)c1. The Balaban J connectivity index is 1.87. The van der Waals surface area contributed by atoms with E-state index < -0.39 is 17.7 Å². The van der Waals surface area contributed by atoms with Gasteiger partial charge in [0.1, 0.15) is 17.3 Å². The number of benzene rings is 2. The van der Waals surface area contributed by atoms with E-state index in [2.05, 4.69) is 0 Å². The fourth-order valence-corrected chi connectivity index (χ4v) is 4.00. The van der Waals surface area contributed by atoms with Crippen LogP contribution < -0.4 is 4.74 Å². The van der Waals surface area contributed by atoms with Crippen LogP contribution in [0.5, 0.6) is 5.75 Å². The van der Waals surface area contributed by atoms with Gasteiger partial charge in [-0.25, -0.2) is 0 Å². The highest BCUT2D eigenvalue weighted by Gasteiger charge is 2.46. The average molecular weight is 472 g/mol. The molecule has 6 nitrogen and oxygen atoms in total. The zero-order chi connectivity index (χ0) is 22.8. The third-order valence-electron chi connectivity index (χ3n) is 5.12. The Kier molecular flexibility index (Phi) is 6.26. The highest BCUT2D eigenvalue weighted by molar-refractivity contribution is 6.46. The number of likely N-dealkylation sites (tertiary alicyclic amines) is 1. The number of furan rings is 1. The smallest absolute Gasteiger partial charge is 0.296 e. The molecule has 1 aliphatic rings. The Morgan fingerprint density at radius 2 is 1.91 bits per heavy atom. The van der Waals surface area contributed by atoms with E-state index in [1.807, 2.05) is 6.92 Å². The number of amides is 1. The van der Waals surface area contributed by atoms with Gasteiger partial charge in [-0.3, -0.25) is 9.59 Å². The molecular formula is C24H19Cl2NO5. The number of hydrogen-bond acceptors (Lipinski definition) is 5. The van der Waals surface area contributed by atoms with Gasteiger partial charge in [-0.2, -0.15) is 0 Å². The van der Waals surface area contributed by atoms with E-state index >= 15 is 0 Å². The molecule has 1 fully saturated rings. The predicted molar refractivity (Wildman–Crippen MR) is 121 cm³/mol. The van der Waals surface area contributed by atoms with Gasteiger partial charge in [-0.05, 0) is 48.9 Å². The number of ketones is 1. The van der Waals surface area contributed by atoms with Crippen molar-refractivity contribution >= 4 is 40.7 Å². The minimum absolute atomic E-state index is 0.0399. The van der Waals surface area contributed by atoms with Crippen LogP contribution in [0.25, 0.3) is 5.76 Å². The van der Waals surface area contributed by atoms with E-state index in [1.54, 1.807) is 54.6 Å². The van der Waals surface area contributed by atoms with Crippen LogP contribution in [0.2, 0.25) is 10.0 Å². The molecule has 0 aliphatic carbocycles. The number of nitrogens with zero attached hydrogens (tertiary/aromatic N) is 1. The first-order chi connectivity index (χ1) is 15.4. The number of ether oxygens (including phenoxy) is 1. The Labute approximate surface area is 194 Å². The average Bonchev–Trinajstić information content (AvgIpc) is 3.38. The van der Waals surface area contributed by atoms with Crippen molar-refractivity contribution in [1.29, 1.82) is 0 Å². The van der Waals surface area contributed by atoms with E-state index in [4.69, 9.17) is 32.4 Å². The molecule has 0 spiro atoms. The van der Waals surface area contributed by atoms with E-state index in [0.29, 0.717) is 34.3 Å². The van der Waals surface area contributed by atoms with Gasteiger partial charge in [0.05, 0.1) is 41.1 Å². The molecule has 2 aromatic carbocycles. The summed E-state index contributed by atoms with van der Waals surface area (Å²) in [5.41, 5.74) is 0.846. The summed E-state index contributed by atoms with van der Waals surface area (Å²) in [4.78, 5) is 27.4. The lowest BCUT2D eigenvalue weighted by molar-refractivity contribution is -0.140. The van der Waals surface area contributed by atoms with Crippen LogP contribution >= 0.6 is 23.2 Å². The molecule has 0 saturated carbocycles. The summed E-state index contributed by atoms with van der Waals surface area (Å²) in [6.45, 7) is 2.33. The van der Waals surface area contributed by atoms with Crippen LogP contribution in [0.3, 0.4) is 0 Å². The summed E-state index contributed by atoms with van der Waals surface area (Å²) in [6, 6.07) is 14.1. The summed E-state index contributed by atoms with van der Waals surface area (Å²) < 4.78 is 10.9. The quantitative estimate of drug-likeness (QED) is 0.287. The Morgan fingerprint density at radius 3 is 2.59 bits per heavy atom. The molecule has 1 unspecified atom stereocenters. The molecule has 8 heteroatoms. The predicted octanol–water partition coefficient (Wildman–Crippen LogP) is 5.61. The minimum Gasteiger partial charge on any atom is -0.507 e. The Hall–Kier alpha value is -3.22.